The lowest BCUT2D eigenvalue weighted by Crippen LogP contribution is -2.17. The lowest BCUT2D eigenvalue weighted by Gasteiger charge is -2.32. The summed E-state index contributed by atoms with van der Waals surface area (Å²) in [4.78, 5) is 0. The molecule has 3 heteroatoms. The van der Waals surface area contributed by atoms with Crippen LogP contribution in [0.25, 0.3) is 0 Å². The minimum Gasteiger partial charge on any atom is -0.505 e. The van der Waals surface area contributed by atoms with Crippen molar-refractivity contribution in [2.45, 2.75) is 89.9 Å². The van der Waals surface area contributed by atoms with Crippen LogP contribution in [0.3, 0.4) is 0 Å². The number of phenols is 1. The molecule has 0 radical (unpaired) electrons. The molecule has 0 spiro atoms. The van der Waals surface area contributed by atoms with Gasteiger partial charge in [-0.15, -0.1) is 0 Å². The van der Waals surface area contributed by atoms with Crippen LogP contribution in [0.5, 0.6) is 5.75 Å². The highest BCUT2D eigenvalue weighted by Gasteiger charge is 2.26. The molecule has 0 saturated heterocycles. The van der Waals surface area contributed by atoms with E-state index in [0.29, 0.717) is 0 Å². The molecule has 0 unspecified atom stereocenters. The molecule has 3 rings (SSSR count). The number of phenolic OH excluding ortho intramolecular Hbond substituents is 1. The lowest BCUT2D eigenvalue weighted by molar-refractivity contribution is 0.224. The van der Waals surface area contributed by atoms with Gasteiger partial charge in [0.2, 0.25) is 0 Å². The third kappa shape index (κ3) is 4.98. The number of aromatic hydroxyl groups is 1. The first-order valence-corrected chi connectivity index (χ1v) is 10.7. The second-order valence-electron chi connectivity index (χ2n) is 8.81. The summed E-state index contributed by atoms with van der Waals surface area (Å²) in [5.74, 6) is 0.358. The molecular formula is C23H34F2O. The average molecular weight is 365 g/mol. The van der Waals surface area contributed by atoms with Gasteiger partial charge in [0, 0.05) is 0 Å². The Labute approximate surface area is 157 Å². The van der Waals surface area contributed by atoms with Crippen molar-refractivity contribution in [1.29, 1.82) is 0 Å². The third-order valence-corrected chi connectivity index (χ3v) is 7.00. The predicted octanol–water partition coefficient (Wildman–Crippen LogP) is 7.33. The molecule has 0 aliphatic heterocycles. The van der Waals surface area contributed by atoms with Gasteiger partial charge in [-0.2, -0.15) is 4.39 Å². The molecule has 0 amide bonds. The molecule has 0 heterocycles. The standard InChI is InChI=1S/C23H34F2O/c1-2-3-16-4-6-17(7-5-16)8-9-18-10-12-19(13-11-18)20-14-21(24)23(25)22(26)15-20/h14-19,26H,2-13H2,1H3. The maximum atomic E-state index is 13.5. The number of rotatable bonds is 6. The minimum atomic E-state index is -1.13. The van der Waals surface area contributed by atoms with Crippen LogP contribution in [-0.4, -0.2) is 5.11 Å². The Bertz CT molecular complexity index is 547. The summed E-state index contributed by atoms with van der Waals surface area (Å²) in [6, 6.07) is 2.69. The van der Waals surface area contributed by atoms with E-state index in [4.69, 9.17) is 0 Å². The SMILES string of the molecule is CCCC1CCC(CCC2CCC(c3cc(O)c(F)c(F)c3)CC2)CC1. The fourth-order valence-corrected chi connectivity index (χ4v) is 5.30. The Morgan fingerprint density at radius 3 is 1.81 bits per heavy atom. The van der Waals surface area contributed by atoms with Crippen LogP contribution < -0.4 is 0 Å². The van der Waals surface area contributed by atoms with E-state index >= 15 is 0 Å². The first kappa shape index (κ1) is 19.6. The largest absolute Gasteiger partial charge is 0.505 e. The van der Waals surface area contributed by atoms with E-state index in [9.17, 15) is 13.9 Å². The van der Waals surface area contributed by atoms with Crippen molar-refractivity contribution < 1.29 is 13.9 Å². The molecule has 1 nitrogen and oxygen atoms in total. The van der Waals surface area contributed by atoms with E-state index in [1.165, 1.54) is 76.3 Å². The van der Waals surface area contributed by atoms with E-state index in [1.54, 1.807) is 0 Å². The highest BCUT2D eigenvalue weighted by Crippen LogP contribution is 2.41. The first-order chi connectivity index (χ1) is 12.6. The molecular weight excluding hydrogens is 330 g/mol. The second kappa shape index (κ2) is 9.19. The van der Waals surface area contributed by atoms with Crippen molar-refractivity contribution in [2.75, 3.05) is 0 Å². The zero-order chi connectivity index (χ0) is 18.5. The maximum absolute atomic E-state index is 13.5. The van der Waals surface area contributed by atoms with Gasteiger partial charge < -0.3 is 5.11 Å². The average Bonchev–Trinajstić information content (AvgIpc) is 2.66. The zero-order valence-corrected chi connectivity index (χ0v) is 16.2. The number of benzene rings is 1. The smallest absolute Gasteiger partial charge is 0.200 e. The monoisotopic (exact) mass is 364 g/mol. The fourth-order valence-electron chi connectivity index (χ4n) is 5.30. The molecule has 2 fully saturated rings. The molecule has 0 aromatic heterocycles. The van der Waals surface area contributed by atoms with Crippen molar-refractivity contribution in [2.24, 2.45) is 17.8 Å². The summed E-state index contributed by atoms with van der Waals surface area (Å²) in [6.07, 6.45) is 15.6. The summed E-state index contributed by atoms with van der Waals surface area (Å²) >= 11 is 0. The summed E-state index contributed by atoms with van der Waals surface area (Å²) in [6.45, 7) is 2.30. The molecule has 2 aliphatic carbocycles. The third-order valence-electron chi connectivity index (χ3n) is 7.00. The molecule has 1 N–H and O–H groups in total. The Morgan fingerprint density at radius 1 is 0.808 bits per heavy atom. The topological polar surface area (TPSA) is 20.2 Å². The Hall–Kier alpha value is -1.12. The minimum absolute atomic E-state index is 0.261. The Kier molecular flexibility index (Phi) is 6.94. The fraction of sp³-hybridized carbons (Fsp3) is 0.739. The van der Waals surface area contributed by atoms with E-state index in [0.717, 1.165) is 36.2 Å². The molecule has 2 saturated carbocycles. The van der Waals surface area contributed by atoms with Crippen molar-refractivity contribution in [3.8, 4) is 5.75 Å². The summed E-state index contributed by atoms with van der Waals surface area (Å²) in [7, 11) is 0. The van der Waals surface area contributed by atoms with Crippen LogP contribution in [0.15, 0.2) is 12.1 Å². The molecule has 0 bridgehead atoms. The predicted molar refractivity (Wildman–Crippen MR) is 102 cm³/mol. The lowest BCUT2D eigenvalue weighted by atomic mass is 9.74. The molecule has 0 atom stereocenters. The maximum Gasteiger partial charge on any atom is 0.200 e. The summed E-state index contributed by atoms with van der Waals surface area (Å²) in [5.41, 5.74) is 0.758. The number of hydrogen-bond acceptors (Lipinski definition) is 1. The second-order valence-corrected chi connectivity index (χ2v) is 8.81. The molecule has 1 aromatic carbocycles. The molecule has 2 aliphatic rings. The van der Waals surface area contributed by atoms with Gasteiger partial charge in [0.25, 0.3) is 0 Å². The zero-order valence-electron chi connectivity index (χ0n) is 16.2. The normalized spacial score (nSPS) is 29.7. The van der Waals surface area contributed by atoms with Crippen molar-refractivity contribution >= 4 is 0 Å². The van der Waals surface area contributed by atoms with E-state index < -0.39 is 17.4 Å². The van der Waals surface area contributed by atoms with Gasteiger partial charge in [-0.1, -0.05) is 58.3 Å². The van der Waals surface area contributed by atoms with Gasteiger partial charge in [0.05, 0.1) is 0 Å². The molecule has 26 heavy (non-hydrogen) atoms. The Morgan fingerprint density at radius 2 is 1.31 bits per heavy atom. The quantitative estimate of drug-likeness (QED) is 0.560. The van der Waals surface area contributed by atoms with Gasteiger partial charge in [-0.05, 0) is 67.1 Å². The number of halogens is 2. The molecule has 1 aromatic rings. The Balaban J connectivity index is 1.40. The van der Waals surface area contributed by atoms with Gasteiger partial charge in [0.15, 0.2) is 17.4 Å². The van der Waals surface area contributed by atoms with Gasteiger partial charge in [-0.25, -0.2) is 4.39 Å². The van der Waals surface area contributed by atoms with Crippen molar-refractivity contribution in [3.63, 3.8) is 0 Å². The number of hydrogen-bond donors (Lipinski definition) is 1. The van der Waals surface area contributed by atoms with E-state index in [1.807, 2.05) is 0 Å². The van der Waals surface area contributed by atoms with Crippen LogP contribution in [0.4, 0.5) is 8.78 Å². The van der Waals surface area contributed by atoms with Crippen LogP contribution in [-0.2, 0) is 0 Å². The first-order valence-electron chi connectivity index (χ1n) is 10.7. The highest BCUT2D eigenvalue weighted by molar-refractivity contribution is 5.32. The van der Waals surface area contributed by atoms with Gasteiger partial charge in [0.1, 0.15) is 0 Å². The summed E-state index contributed by atoms with van der Waals surface area (Å²) < 4.78 is 26.8. The van der Waals surface area contributed by atoms with Crippen LogP contribution in [0.2, 0.25) is 0 Å². The van der Waals surface area contributed by atoms with Gasteiger partial charge in [-0.3, -0.25) is 0 Å². The van der Waals surface area contributed by atoms with Crippen LogP contribution >= 0.6 is 0 Å². The van der Waals surface area contributed by atoms with Crippen molar-refractivity contribution in [1.82, 2.24) is 0 Å². The van der Waals surface area contributed by atoms with Crippen LogP contribution in [0.1, 0.15) is 95.5 Å². The highest BCUT2D eigenvalue weighted by atomic mass is 19.2. The van der Waals surface area contributed by atoms with E-state index in [-0.39, 0.29) is 5.92 Å². The van der Waals surface area contributed by atoms with Gasteiger partial charge >= 0.3 is 0 Å². The van der Waals surface area contributed by atoms with Crippen molar-refractivity contribution in [3.05, 3.63) is 29.3 Å². The van der Waals surface area contributed by atoms with E-state index in [2.05, 4.69) is 6.92 Å². The molecule has 146 valence electrons. The van der Waals surface area contributed by atoms with Crippen LogP contribution in [0, 0.1) is 29.4 Å². The summed E-state index contributed by atoms with van der Waals surface area (Å²) in [5, 5.41) is 9.53.